The average Bonchev–Trinajstić information content (AvgIpc) is 3.16. The minimum absolute atomic E-state index is 0.0300. The van der Waals surface area contributed by atoms with Crippen molar-refractivity contribution in [3.63, 3.8) is 0 Å². The van der Waals surface area contributed by atoms with E-state index in [1.54, 1.807) is 48.5 Å². The Labute approximate surface area is 190 Å². The number of carbonyl (C=O) groups is 1. The summed E-state index contributed by atoms with van der Waals surface area (Å²) in [5, 5.41) is 0.652. The zero-order chi connectivity index (χ0) is 23.8. The molecule has 4 rings (SSSR count). The molecular weight excluding hydrogens is 446 g/mol. The molecule has 170 valence electrons. The zero-order valence-corrected chi connectivity index (χ0v) is 18.9. The van der Waals surface area contributed by atoms with Crippen LogP contribution >= 0.6 is 0 Å². The molecule has 0 unspecified atom stereocenters. The van der Waals surface area contributed by atoms with E-state index >= 15 is 0 Å². The first-order chi connectivity index (χ1) is 15.7. The number of rotatable bonds is 6. The molecule has 4 aromatic rings. The predicted molar refractivity (Wildman–Crippen MR) is 122 cm³/mol. The lowest BCUT2D eigenvalue weighted by Gasteiger charge is -2.21. The lowest BCUT2D eigenvalue weighted by molar-refractivity contribution is -0.130. The van der Waals surface area contributed by atoms with Gasteiger partial charge in [-0.25, -0.2) is 21.2 Å². The van der Waals surface area contributed by atoms with Crippen LogP contribution in [0, 0.1) is 18.6 Å². The normalized spacial score (nSPS) is 11.6. The van der Waals surface area contributed by atoms with Crippen molar-refractivity contribution < 1.29 is 22.0 Å². The van der Waals surface area contributed by atoms with E-state index in [2.05, 4.69) is 0 Å². The number of halogens is 2. The summed E-state index contributed by atoms with van der Waals surface area (Å²) >= 11 is 0. The van der Waals surface area contributed by atoms with Crippen molar-refractivity contribution >= 4 is 26.8 Å². The Hall–Kier alpha value is -3.52. The van der Waals surface area contributed by atoms with Gasteiger partial charge in [0, 0.05) is 37.2 Å². The second-order valence-corrected chi connectivity index (χ2v) is 9.69. The number of para-hydroxylation sites is 1. The van der Waals surface area contributed by atoms with Gasteiger partial charge in [0.25, 0.3) is 10.0 Å². The van der Waals surface area contributed by atoms with Crippen molar-refractivity contribution in [2.45, 2.75) is 31.8 Å². The Morgan fingerprint density at radius 3 is 2.27 bits per heavy atom. The first-order valence-electron chi connectivity index (χ1n) is 10.3. The monoisotopic (exact) mass is 468 g/mol. The zero-order valence-electron chi connectivity index (χ0n) is 18.1. The van der Waals surface area contributed by atoms with Crippen molar-refractivity contribution in [3.8, 4) is 0 Å². The molecule has 0 spiro atoms. The summed E-state index contributed by atoms with van der Waals surface area (Å²) in [6.45, 7) is 3.09. The third kappa shape index (κ3) is 4.39. The summed E-state index contributed by atoms with van der Waals surface area (Å²) in [6, 6.07) is 17.3. The highest BCUT2D eigenvalue weighted by Crippen LogP contribution is 2.28. The number of nitrogens with zero attached hydrogens (tertiary/aromatic N) is 2. The van der Waals surface area contributed by atoms with Crippen LogP contribution in [0.5, 0.6) is 0 Å². The fourth-order valence-corrected chi connectivity index (χ4v) is 5.12. The highest BCUT2D eigenvalue weighted by Gasteiger charge is 2.23. The second-order valence-electron chi connectivity index (χ2n) is 7.87. The van der Waals surface area contributed by atoms with E-state index in [1.807, 2.05) is 6.92 Å². The molecule has 0 saturated carbocycles. The molecule has 5 nitrogen and oxygen atoms in total. The van der Waals surface area contributed by atoms with Crippen LogP contribution in [0.25, 0.3) is 10.9 Å². The molecule has 33 heavy (non-hydrogen) atoms. The average molecular weight is 469 g/mol. The van der Waals surface area contributed by atoms with Crippen LogP contribution in [0.2, 0.25) is 0 Å². The minimum Gasteiger partial charge on any atom is -0.334 e. The molecular formula is C25H22F2N2O3S. The van der Waals surface area contributed by atoms with E-state index in [4.69, 9.17) is 0 Å². The molecule has 1 amide bonds. The largest absolute Gasteiger partial charge is 0.334 e. The maximum absolute atomic E-state index is 14.2. The van der Waals surface area contributed by atoms with E-state index in [1.165, 1.54) is 34.1 Å². The third-order valence-corrected chi connectivity index (χ3v) is 7.23. The summed E-state index contributed by atoms with van der Waals surface area (Å²) in [7, 11) is -3.89. The first kappa shape index (κ1) is 22.7. The Morgan fingerprint density at radius 2 is 1.58 bits per heavy atom. The molecule has 0 fully saturated rings. The van der Waals surface area contributed by atoms with Gasteiger partial charge in [-0.2, -0.15) is 0 Å². The van der Waals surface area contributed by atoms with Crippen LogP contribution in [-0.4, -0.2) is 23.2 Å². The molecule has 3 aromatic carbocycles. The van der Waals surface area contributed by atoms with Gasteiger partial charge in [-0.15, -0.1) is 0 Å². The molecule has 0 atom stereocenters. The number of aromatic nitrogens is 1. The summed E-state index contributed by atoms with van der Waals surface area (Å²) in [4.78, 5) is 13.8. The van der Waals surface area contributed by atoms with Gasteiger partial charge in [0.2, 0.25) is 5.91 Å². The second kappa shape index (κ2) is 8.78. The van der Waals surface area contributed by atoms with Gasteiger partial charge in [-0.3, -0.25) is 4.79 Å². The first-order valence-corrected chi connectivity index (χ1v) is 11.7. The Balaban J connectivity index is 1.76. The number of aryl methyl sites for hydroxylation is 1. The van der Waals surface area contributed by atoms with Gasteiger partial charge in [-0.1, -0.05) is 48.0 Å². The Bertz CT molecular complexity index is 1440. The van der Waals surface area contributed by atoms with Crippen molar-refractivity contribution in [2.75, 3.05) is 0 Å². The Kier molecular flexibility index (Phi) is 6.03. The highest BCUT2D eigenvalue weighted by atomic mass is 32.2. The molecule has 0 saturated heterocycles. The van der Waals surface area contributed by atoms with Crippen molar-refractivity contribution in [2.24, 2.45) is 0 Å². The Morgan fingerprint density at radius 1 is 0.909 bits per heavy atom. The van der Waals surface area contributed by atoms with Crippen molar-refractivity contribution in [1.82, 2.24) is 8.87 Å². The number of amides is 1. The van der Waals surface area contributed by atoms with Gasteiger partial charge < -0.3 is 4.90 Å². The summed E-state index contributed by atoms with van der Waals surface area (Å²) in [6.07, 6.45) is 1.48. The fraction of sp³-hybridized carbons (Fsp3) is 0.160. The maximum Gasteiger partial charge on any atom is 0.268 e. The van der Waals surface area contributed by atoms with E-state index in [9.17, 15) is 22.0 Å². The van der Waals surface area contributed by atoms with Crippen LogP contribution in [0.1, 0.15) is 23.6 Å². The van der Waals surface area contributed by atoms with Crippen LogP contribution in [0.15, 0.2) is 77.8 Å². The van der Waals surface area contributed by atoms with Gasteiger partial charge in [0.05, 0.1) is 10.4 Å². The van der Waals surface area contributed by atoms with Crippen molar-refractivity contribution in [1.29, 1.82) is 0 Å². The van der Waals surface area contributed by atoms with Gasteiger partial charge in [0.15, 0.2) is 11.6 Å². The van der Waals surface area contributed by atoms with E-state index in [0.29, 0.717) is 16.5 Å². The SMILES string of the molecule is CC(=O)N(Cc1cccc(F)c1F)Cc1cn(S(=O)(=O)c2ccc(C)cc2)c2ccccc12. The van der Waals surface area contributed by atoms with Gasteiger partial charge in [-0.05, 0) is 36.8 Å². The molecule has 8 heteroatoms. The molecule has 0 aliphatic carbocycles. The number of hydrogen-bond donors (Lipinski definition) is 0. The maximum atomic E-state index is 14.2. The quantitative estimate of drug-likeness (QED) is 0.400. The standard InChI is InChI=1S/C25H22F2N2O3S/c1-17-10-12-21(13-11-17)33(31,32)29-16-20(22-7-3-4-9-24(22)29)15-28(18(2)30)14-19-6-5-8-23(26)25(19)27/h3-13,16H,14-15H2,1-2H3. The molecule has 0 N–H and O–H groups in total. The molecule has 0 bridgehead atoms. The lowest BCUT2D eigenvalue weighted by Crippen LogP contribution is -2.28. The summed E-state index contributed by atoms with van der Waals surface area (Å²) in [5.41, 5.74) is 2.02. The molecule has 1 heterocycles. The predicted octanol–water partition coefficient (Wildman–Crippen LogP) is 5.01. The lowest BCUT2D eigenvalue weighted by atomic mass is 10.1. The van der Waals surface area contributed by atoms with Crippen molar-refractivity contribution in [3.05, 3.63) is 101 Å². The van der Waals surface area contributed by atoms with Crippen LogP contribution < -0.4 is 0 Å². The number of carbonyl (C=O) groups excluding carboxylic acids is 1. The van der Waals surface area contributed by atoms with Crippen LogP contribution in [0.4, 0.5) is 8.78 Å². The van der Waals surface area contributed by atoms with Gasteiger partial charge >= 0.3 is 0 Å². The topological polar surface area (TPSA) is 59.4 Å². The smallest absolute Gasteiger partial charge is 0.268 e. The number of hydrogen-bond acceptors (Lipinski definition) is 3. The summed E-state index contributed by atoms with van der Waals surface area (Å²) in [5.74, 6) is -2.35. The number of fused-ring (bicyclic) bond motifs is 1. The summed E-state index contributed by atoms with van der Waals surface area (Å²) < 4.78 is 55.7. The number of benzene rings is 3. The molecule has 0 aliphatic rings. The molecule has 1 aromatic heterocycles. The highest BCUT2D eigenvalue weighted by molar-refractivity contribution is 7.90. The molecule has 0 radical (unpaired) electrons. The van der Waals surface area contributed by atoms with Crippen LogP contribution in [0.3, 0.4) is 0 Å². The molecule has 0 aliphatic heterocycles. The fourth-order valence-electron chi connectivity index (χ4n) is 3.73. The van der Waals surface area contributed by atoms with Gasteiger partial charge in [0.1, 0.15) is 0 Å². The third-order valence-electron chi connectivity index (χ3n) is 5.54. The van der Waals surface area contributed by atoms with E-state index in [-0.39, 0.29) is 29.5 Å². The minimum atomic E-state index is -3.89. The van der Waals surface area contributed by atoms with E-state index < -0.39 is 21.7 Å². The van der Waals surface area contributed by atoms with E-state index in [0.717, 1.165) is 11.6 Å². The van der Waals surface area contributed by atoms with Crippen LogP contribution in [-0.2, 0) is 27.9 Å².